The molecule has 3 aromatic carbocycles. The Morgan fingerprint density at radius 2 is 1.83 bits per heavy atom. The molecule has 4 rings (SSSR count). The van der Waals surface area contributed by atoms with E-state index in [1.807, 2.05) is 41.3 Å². The molecule has 4 nitrogen and oxygen atoms in total. The molecule has 0 spiro atoms. The number of carbonyl (C=O) groups excluding carboxylic acids is 2. The Morgan fingerprint density at radius 3 is 2.53 bits per heavy atom. The molecule has 0 bridgehead atoms. The molecule has 0 aromatic heterocycles. The first-order chi connectivity index (χ1) is 14.5. The van der Waals surface area contributed by atoms with Gasteiger partial charge < -0.3 is 5.32 Å². The minimum Gasteiger partial charge on any atom is -0.322 e. The number of anilines is 2. The monoisotopic (exact) mass is 420 g/mol. The Balaban J connectivity index is 1.51. The molecule has 1 heterocycles. The fourth-order valence-corrected chi connectivity index (χ4v) is 4.59. The maximum atomic E-state index is 13.0. The molecule has 0 unspecified atom stereocenters. The molecular weight excluding hydrogens is 399 g/mol. The van der Waals surface area contributed by atoms with Crippen LogP contribution in [0.1, 0.15) is 33.8 Å². The molecule has 152 valence electrons. The van der Waals surface area contributed by atoms with Crippen LogP contribution in [0.4, 0.5) is 15.8 Å². The lowest BCUT2D eigenvalue weighted by molar-refractivity contribution is -0.115. The summed E-state index contributed by atoms with van der Waals surface area (Å²) in [5, 5.41) is 2.71. The highest BCUT2D eigenvalue weighted by atomic mass is 32.2. The maximum Gasteiger partial charge on any atom is 0.255 e. The molecule has 3 aromatic rings. The summed E-state index contributed by atoms with van der Waals surface area (Å²) in [4.78, 5) is 26.7. The van der Waals surface area contributed by atoms with Crippen LogP contribution in [0.5, 0.6) is 0 Å². The number of benzene rings is 3. The van der Waals surface area contributed by atoms with E-state index in [1.54, 1.807) is 11.8 Å². The second-order valence-electron chi connectivity index (χ2n) is 7.03. The Labute approximate surface area is 179 Å². The van der Waals surface area contributed by atoms with Gasteiger partial charge in [0.05, 0.1) is 5.75 Å². The summed E-state index contributed by atoms with van der Waals surface area (Å²) in [6, 6.07) is 21.0. The number of thioether (sulfide) groups is 1. The van der Waals surface area contributed by atoms with Gasteiger partial charge in [0.15, 0.2) is 0 Å². The molecule has 0 radical (unpaired) electrons. The number of nitrogens with one attached hydrogen (secondary N) is 1. The van der Waals surface area contributed by atoms with Crippen molar-refractivity contribution in [2.24, 2.45) is 0 Å². The molecule has 1 N–H and O–H groups in total. The van der Waals surface area contributed by atoms with E-state index >= 15 is 0 Å². The fourth-order valence-electron chi connectivity index (χ4n) is 3.41. The van der Waals surface area contributed by atoms with E-state index < -0.39 is 0 Å². The third-order valence-electron chi connectivity index (χ3n) is 5.02. The number of hydrogen-bond donors (Lipinski definition) is 1. The smallest absolute Gasteiger partial charge is 0.255 e. The third kappa shape index (κ3) is 4.24. The number of rotatable bonds is 5. The van der Waals surface area contributed by atoms with Crippen LogP contribution in [0.25, 0.3) is 0 Å². The first-order valence-corrected chi connectivity index (χ1v) is 10.8. The van der Waals surface area contributed by atoms with Crippen molar-refractivity contribution in [2.75, 3.05) is 16.0 Å². The van der Waals surface area contributed by atoms with E-state index in [0.29, 0.717) is 17.0 Å². The number of nitrogens with zero attached hydrogens (tertiary/aromatic N) is 1. The lowest BCUT2D eigenvalue weighted by atomic mass is 10.1. The molecule has 1 atom stereocenters. The van der Waals surface area contributed by atoms with Gasteiger partial charge in [0.1, 0.15) is 11.2 Å². The minimum absolute atomic E-state index is 0.0898. The van der Waals surface area contributed by atoms with Crippen molar-refractivity contribution in [1.82, 2.24) is 0 Å². The Bertz CT molecular complexity index is 1070. The van der Waals surface area contributed by atoms with Gasteiger partial charge in [0.2, 0.25) is 5.91 Å². The quantitative estimate of drug-likeness (QED) is 0.600. The first kappa shape index (κ1) is 20.2. The summed E-state index contributed by atoms with van der Waals surface area (Å²) in [7, 11) is 0. The molecule has 1 aliphatic rings. The van der Waals surface area contributed by atoms with Crippen LogP contribution in [0.3, 0.4) is 0 Å². The number of amides is 2. The van der Waals surface area contributed by atoms with E-state index in [-0.39, 0.29) is 23.0 Å². The standard InChI is InChI=1S/C24H21FN2O2S/c1-2-16-4-3-5-21(14-16)27-22(28)15-30-24(27)18-8-12-20(13-9-18)26-23(29)17-6-10-19(25)11-7-17/h3-14,24H,2,15H2,1H3,(H,26,29)/t24-/m0/s1. The van der Waals surface area contributed by atoms with Gasteiger partial charge in [-0.1, -0.05) is 31.2 Å². The summed E-state index contributed by atoms with van der Waals surface area (Å²) >= 11 is 1.59. The zero-order chi connectivity index (χ0) is 21.1. The number of halogens is 1. The number of carbonyl (C=O) groups is 2. The highest BCUT2D eigenvalue weighted by Crippen LogP contribution is 2.42. The van der Waals surface area contributed by atoms with Crippen LogP contribution in [-0.2, 0) is 11.2 Å². The van der Waals surface area contributed by atoms with Crippen molar-refractivity contribution in [2.45, 2.75) is 18.7 Å². The van der Waals surface area contributed by atoms with Crippen LogP contribution in [-0.4, -0.2) is 17.6 Å². The fraction of sp³-hybridized carbons (Fsp3) is 0.167. The summed E-state index contributed by atoms with van der Waals surface area (Å²) < 4.78 is 13.0. The van der Waals surface area contributed by atoms with E-state index in [1.165, 1.54) is 29.8 Å². The van der Waals surface area contributed by atoms with Crippen LogP contribution < -0.4 is 10.2 Å². The van der Waals surface area contributed by atoms with Crippen molar-refractivity contribution in [3.05, 3.63) is 95.3 Å². The molecular formula is C24H21FN2O2S. The predicted octanol–water partition coefficient (Wildman–Crippen LogP) is 5.42. The molecule has 1 saturated heterocycles. The average molecular weight is 421 g/mol. The summed E-state index contributed by atoms with van der Waals surface area (Å²) in [6.45, 7) is 2.09. The number of hydrogen-bond acceptors (Lipinski definition) is 3. The molecule has 2 amide bonds. The zero-order valence-electron chi connectivity index (χ0n) is 16.5. The van der Waals surface area contributed by atoms with Crippen LogP contribution in [0, 0.1) is 5.82 Å². The van der Waals surface area contributed by atoms with Gasteiger partial charge in [-0.3, -0.25) is 14.5 Å². The van der Waals surface area contributed by atoms with E-state index in [9.17, 15) is 14.0 Å². The van der Waals surface area contributed by atoms with Crippen molar-refractivity contribution in [3.63, 3.8) is 0 Å². The third-order valence-corrected chi connectivity index (χ3v) is 6.24. The van der Waals surface area contributed by atoms with Crippen LogP contribution in [0.15, 0.2) is 72.8 Å². The highest BCUT2D eigenvalue weighted by Gasteiger charge is 2.34. The van der Waals surface area contributed by atoms with Gasteiger partial charge in [-0.15, -0.1) is 11.8 Å². The van der Waals surface area contributed by atoms with E-state index in [0.717, 1.165) is 17.7 Å². The van der Waals surface area contributed by atoms with Gasteiger partial charge in [0.25, 0.3) is 5.91 Å². The maximum absolute atomic E-state index is 13.0. The molecule has 1 fully saturated rings. The second-order valence-corrected chi connectivity index (χ2v) is 8.10. The summed E-state index contributed by atoms with van der Waals surface area (Å²) in [5.74, 6) is -0.156. The molecule has 0 saturated carbocycles. The molecule has 1 aliphatic heterocycles. The van der Waals surface area contributed by atoms with Crippen molar-refractivity contribution < 1.29 is 14.0 Å². The van der Waals surface area contributed by atoms with Crippen LogP contribution >= 0.6 is 11.8 Å². The largest absolute Gasteiger partial charge is 0.322 e. The van der Waals surface area contributed by atoms with Gasteiger partial charge in [-0.2, -0.15) is 0 Å². The highest BCUT2D eigenvalue weighted by molar-refractivity contribution is 8.00. The predicted molar refractivity (Wildman–Crippen MR) is 119 cm³/mol. The van der Waals surface area contributed by atoms with Gasteiger partial charge >= 0.3 is 0 Å². The molecule has 30 heavy (non-hydrogen) atoms. The van der Waals surface area contributed by atoms with Gasteiger partial charge in [-0.05, 0) is 66.1 Å². The lowest BCUT2D eigenvalue weighted by Crippen LogP contribution is -2.27. The van der Waals surface area contributed by atoms with Crippen LogP contribution in [0.2, 0.25) is 0 Å². The topological polar surface area (TPSA) is 49.4 Å². The summed E-state index contributed by atoms with van der Waals surface area (Å²) in [5.41, 5.74) is 4.12. The Hall–Kier alpha value is -3.12. The lowest BCUT2D eigenvalue weighted by Gasteiger charge is -2.25. The van der Waals surface area contributed by atoms with Crippen molar-refractivity contribution in [1.29, 1.82) is 0 Å². The first-order valence-electron chi connectivity index (χ1n) is 9.74. The summed E-state index contributed by atoms with van der Waals surface area (Å²) in [6.07, 6.45) is 0.913. The van der Waals surface area contributed by atoms with Crippen molar-refractivity contribution >= 4 is 35.0 Å². The Kier molecular flexibility index (Phi) is 5.86. The SMILES string of the molecule is CCc1cccc(N2C(=O)CS[C@H]2c2ccc(NC(=O)c3ccc(F)cc3)cc2)c1. The second kappa shape index (κ2) is 8.71. The molecule has 6 heteroatoms. The zero-order valence-corrected chi connectivity index (χ0v) is 17.3. The number of aryl methyl sites for hydroxylation is 1. The minimum atomic E-state index is -0.381. The van der Waals surface area contributed by atoms with Gasteiger partial charge in [-0.25, -0.2) is 4.39 Å². The Morgan fingerprint density at radius 1 is 1.10 bits per heavy atom. The normalized spacial score (nSPS) is 16.0. The van der Waals surface area contributed by atoms with Gasteiger partial charge in [0, 0.05) is 16.9 Å². The van der Waals surface area contributed by atoms with E-state index in [4.69, 9.17) is 0 Å². The van der Waals surface area contributed by atoms with E-state index in [2.05, 4.69) is 24.4 Å². The molecule has 0 aliphatic carbocycles. The average Bonchev–Trinajstić information content (AvgIpc) is 3.16. The van der Waals surface area contributed by atoms with Crippen molar-refractivity contribution in [3.8, 4) is 0 Å².